The fourth-order valence-electron chi connectivity index (χ4n) is 3.67. The number of anilines is 1. The van der Waals surface area contributed by atoms with Crippen LogP contribution < -0.4 is 10.5 Å². The molecule has 31 heavy (non-hydrogen) atoms. The van der Waals surface area contributed by atoms with Gasteiger partial charge in [-0.3, -0.25) is 19.0 Å². The molecule has 1 aliphatic rings. The van der Waals surface area contributed by atoms with Gasteiger partial charge in [0, 0.05) is 36.8 Å². The van der Waals surface area contributed by atoms with Gasteiger partial charge in [-0.15, -0.1) is 0 Å². The number of fused-ring (bicyclic) bond motifs is 1. The third-order valence-electron chi connectivity index (χ3n) is 5.42. The van der Waals surface area contributed by atoms with Gasteiger partial charge in [0.25, 0.3) is 5.56 Å². The molecule has 0 N–H and O–H groups in total. The summed E-state index contributed by atoms with van der Waals surface area (Å²) in [6, 6.07) is 9.24. The summed E-state index contributed by atoms with van der Waals surface area (Å²) < 4.78 is 15.7. The Morgan fingerprint density at radius 1 is 1.10 bits per heavy atom. The number of hydrogen-bond acceptors (Lipinski definition) is 5. The number of carbonyl (C=O) groups excluding carboxylic acids is 2. The number of aromatic nitrogens is 2. The Bertz CT molecular complexity index is 1240. The van der Waals surface area contributed by atoms with E-state index < -0.39 is 5.82 Å². The molecule has 0 saturated carbocycles. The molecule has 1 fully saturated rings. The normalized spacial score (nSPS) is 14.2. The Hall–Kier alpha value is -3.26. The summed E-state index contributed by atoms with van der Waals surface area (Å²) in [5.74, 6) is -0.854. The van der Waals surface area contributed by atoms with Crippen LogP contribution in [0.4, 0.5) is 10.1 Å². The molecule has 0 aliphatic carbocycles. The smallest absolute Gasteiger partial charge is 0.261 e. The molecule has 2 aromatic carbocycles. The van der Waals surface area contributed by atoms with Gasteiger partial charge in [0.2, 0.25) is 5.91 Å². The largest absolute Gasteiger partial charge is 0.366 e. The Morgan fingerprint density at radius 2 is 1.84 bits per heavy atom. The van der Waals surface area contributed by atoms with Gasteiger partial charge in [-0.2, -0.15) is 0 Å². The number of nitrogens with zero attached hydrogens (tertiary/aromatic N) is 4. The number of carbonyl (C=O) groups is 2. The van der Waals surface area contributed by atoms with Crippen molar-refractivity contribution in [2.24, 2.45) is 0 Å². The van der Waals surface area contributed by atoms with E-state index >= 15 is 0 Å². The number of piperazine rings is 1. The first-order chi connectivity index (χ1) is 14.8. The van der Waals surface area contributed by atoms with E-state index in [1.807, 2.05) is 4.90 Å². The highest BCUT2D eigenvalue weighted by Crippen LogP contribution is 2.22. The average Bonchev–Trinajstić information content (AvgIpc) is 2.75. The lowest BCUT2D eigenvalue weighted by Crippen LogP contribution is -2.50. The minimum absolute atomic E-state index is 0.119. The molecule has 0 radical (unpaired) electrons. The standard InChI is InChI=1S/C22H20ClFN4O3/c1-14(29)15-2-5-20(18(24)10-15)26-6-8-27(9-7-26)21(30)12-28-13-25-19-11-16(23)3-4-17(19)22(28)31/h2-5,10-11,13H,6-9,12H2,1H3. The summed E-state index contributed by atoms with van der Waals surface area (Å²) >= 11 is 5.93. The molecule has 0 bridgehead atoms. The van der Waals surface area contributed by atoms with Crippen LogP contribution in [-0.4, -0.2) is 52.3 Å². The van der Waals surface area contributed by atoms with Gasteiger partial charge >= 0.3 is 0 Å². The zero-order chi connectivity index (χ0) is 22.1. The zero-order valence-electron chi connectivity index (χ0n) is 16.8. The summed E-state index contributed by atoms with van der Waals surface area (Å²) in [7, 11) is 0. The van der Waals surface area contributed by atoms with Gasteiger partial charge < -0.3 is 9.80 Å². The molecule has 0 atom stereocenters. The second-order valence-corrected chi connectivity index (χ2v) is 7.87. The fourth-order valence-corrected chi connectivity index (χ4v) is 3.84. The van der Waals surface area contributed by atoms with E-state index in [9.17, 15) is 18.8 Å². The van der Waals surface area contributed by atoms with Crippen LogP contribution in [0.25, 0.3) is 10.9 Å². The molecule has 4 rings (SSSR count). The maximum Gasteiger partial charge on any atom is 0.261 e. The number of ketones is 1. The molecule has 7 nitrogen and oxygen atoms in total. The van der Waals surface area contributed by atoms with E-state index in [1.165, 1.54) is 23.9 Å². The molecule has 160 valence electrons. The molecule has 1 aromatic heterocycles. The molecule has 1 amide bonds. The quantitative estimate of drug-likeness (QED) is 0.581. The SMILES string of the molecule is CC(=O)c1ccc(N2CCN(C(=O)Cn3cnc4cc(Cl)ccc4c3=O)CC2)c(F)c1. The van der Waals surface area contributed by atoms with Gasteiger partial charge in [-0.25, -0.2) is 9.37 Å². The van der Waals surface area contributed by atoms with Crippen LogP contribution in [0.15, 0.2) is 47.5 Å². The zero-order valence-corrected chi connectivity index (χ0v) is 17.6. The Balaban J connectivity index is 1.43. The van der Waals surface area contributed by atoms with Crippen molar-refractivity contribution in [2.75, 3.05) is 31.1 Å². The summed E-state index contributed by atoms with van der Waals surface area (Å²) in [4.78, 5) is 44.5. The third kappa shape index (κ3) is 4.29. The number of hydrogen-bond donors (Lipinski definition) is 0. The predicted octanol–water partition coefficient (Wildman–Crippen LogP) is 2.74. The number of benzene rings is 2. The molecular formula is C22H20ClFN4O3. The van der Waals surface area contributed by atoms with Crippen LogP contribution in [-0.2, 0) is 11.3 Å². The fraction of sp³-hybridized carbons (Fsp3) is 0.273. The molecule has 1 saturated heterocycles. The van der Waals surface area contributed by atoms with Gasteiger partial charge in [-0.1, -0.05) is 11.6 Å². The molecule has 0 unspecified atom stereocenters. The van der Waals surface area contributed by atoms with Crippen molar-refractivity contribution in [3.8, 4) is 0 Å². The second-order valence-electron chi connectivity index (χ2n) is 7.43. The highest BCUT2D eigenvalue weighted by Gasteiger charge is 2.23. The van der Waals surface area contributed by atoms with Crippen LogP contribution >= 0.6 is 11.6 Å². The number of halogens is 2. The molecule has 3 aromatic rings. The monoisotopic (exact) mass is 442 g/mol. The summed E-state index contributed by atoms with van der Waals surface area (Å²) in [5.41, 5.74) is 0.909. The molecular weight excluding hydrogens is 423 g/mol. The Labute approximate surface area is 182 Å². The van der Waals surface area contributed by atoms with Crippen LogP contribution in [0, 0.1) is 5.82 Å². The van der Waals surface area contributed by atoms with Gasteiger partial charge in [-0.05, 0) is 43.3 Å². The molecule has 9 heteroatoms. The van der Waals surface area contributed by atoms with E-state index in [0.29, 0.717) is 53.4 Å². The van der Waals surface area contributed by atoms with Crippen LogP contribution in [0.5, 0.6) is 0 Å². The van der Waals surface area contributed by atoms with Crippen molar-refractivity contribution in [1.29, 1.82) is 0 Å². The maximum atomic E-state index is 14.4. The van der Waals surface area contributed by atoms with E-state index in [-0.39, 0.29) is 23.8 Å². The minimum atomic E-state index is -0.457. The lowest BCUT2D eigenvalue weighted by molar-refractivity contribution is -0.132. The highest BCUT2D eigenvalue weighted by molar-refractivity contribution is 6.31. The van der Waals surface area contributed by atoms with Crippen LogP contribution in [0.2, 0.25) is 5.02 Å². The first-order valence-electron chi connectivity index (χ1n) is 9.81. The first-order valence-corrected chi connectivity index (χ1v) is 10.2. The van der Waals surface area contributed by atoms with Crippen molar-refractivity contribution in [2.45, 2.75) is 13.5 Å². The van der Waals surface area contributed by atoms with Crippen LogP contribution in [0.1, 0.15) is 17.3 Å². The summed E-state index contributed by atoms with van der Waals surface area (Å²) in [5, 5.41) is 0.882. The summed E-state index contributed by atoms with van der Waals surface area (Å²) in [6.45, 7) is 2.98. The topological polar surface area (TPSA) is 75.5 Å². The Morgan fingerprint density at radius 3 is 2.52 bits per heavy atom. The number of rotatable bonds is 4. The molecule has 1 aliphatic heterocycles. The van der Waals surface area contributed by atoms with Crippen LogP contribution in [0.3, 0.4) is 0 Å². The van der Waals surface area contributed by atoms with E-state index in [0.717, 1.165) is 0 Å². The first kappa shape index (κ1) is 21.0. The minimum Gasteiger partial charge on any atom is -0.366 e. The highest BCUT2D eigenvalue weighted by atomic mass is 35.5. The van der Waals surface area contributed by atoms with Crippen molar-refractivity contribution < 1.29 is 14.0 Å². The predicted molar refractivity (Wildman–Crippen MR) is 116 cm³/mol. The van der Waals surface area contributed by atoms with Gasteiger partial charge in [0.1, 0.15) is 12.4 Å². The van der Waals surface area contributed by atoms with Gasteiger partial charge in [0.15, 0.2) is 5.78 Å². The Kier molecular flexibility index (Phi) is 5.73. The van der Waals surface area contributed by atoms with Crippen molar-refractivity contribution >= 4 is 39.9 Å². The van der Waals surface area contributed by atoms with Gasteiger partial charge in [0.05, 0.1) is 22.9 Å². The lowest BCUT2D eigenvalue weighted by atomic mass is 10.1. The lowest BCUT2D eigenvalue weighted by Gasteiger charge is -2.36. The van der Waals surface area contributed by atoms with E-state index in [2.05, 4.69) is 4.98 Å². The van der Waals surface area contributed by atoms with Crippen molar-refractivity contribution in [3.05, 3.63) is 69.5 Å². The van der Waals surface area contributed by atoms with Crippen molar-refractivity contribution in [3.63, 3.8) is 0 Å². The molecule has 0 spiro atoms. The van der Waals surface area contributed by atoms with E-state index in [4.69, 9.17) is 11.6 Å². The maximum absolute atomic E-state index is 14.4. The van der Waals surface area contributed by atoms with Crippen molar-refractivity contribution in [1.82, 2.24) is 14.5 Å². The average molecular weight is 443 g/mol. The van der Waals surface area contributed by atoms with E-state index in [1.54, 1.807) is 35.2 Å². The summed E-state index contributed by atoms with van der Waals surface area (Å²) in [6.07, 6.45) is 1.35. The third-order valence-corrected chi connectivity index (χ3v) is 5.66. The second kappa shape index (κ2) is 8.47. The number of Topliss-reactive ketones (excluding diaryl/α,β-unsaturated/α-hetero) is 1. The molecule has 2 heterocycles. The number of amides is 1.